The Labute approximate surface area is 112 Å². The van der Waals surface area contributed by atoms with Crippen LogP contribution in [-0.4, -0.2) is 9.97 Å². The molecule has 2 aromatic rings. The summed E-state index contributed by atoms with van der Waals surface area (Å²) in [5.41, 5.74) is 6.15. The Kier molecular flexibility index (Phi) is 3.68. The van der Waals surface area contributed by atoms with Gasteiger partial charge < -0.3 is 5.73 Å². The van der Waals surface area contributed by atoms with Gasteiger partial charge in [-0.1, -0.05) is 6.07 Å². The van der Waals surface area contributed by atoms with Crippen LogP contribution in [-0.2, 0) is 12.7 Å². The van der Waals surface area contributed by atoms with Gasteiger partial charge in [-0.25, -0.2) is 0 Å². The second kappa shape index (κ2) is 5.27. The van der Waals surface area contributed by atoms with Crippen molar-refractivity contribution >= 4 is 0 Å². The van der Waals surface area contributed by atoms with Crippen molar-refractivity contribution in [3.63, 3.8) is 0 Å². The number of nitrogens with two attached hydrogens (primary N) is 1. The Morgan fingerprint density at radius 1 is 1.20 bits per heavy atom. The summed E-state index contributed by atoms with van der Waals surface area (Å²) in [6.07, 6.45) is -2.06. The summed E-state index contributed by atoms with van der Waals surface area (Å²) in [6.45, 7) is 0.173. The molecular weight excluding hydrogens is 269 g/mol. The highest BCUT2D eigenvalue weighted by Crippen LogP contribution is 2.29. The maximum absolute atomic E-state index is 12.4. The predicted octanol–water partition coefficient (Wildman–Crippen LogP) is 2.49. The summed E-state index contributed by atoms with van der Waals surface area (Å²) < 4.78 is 37.3. The van der Waals surface area contributed by atoms with Gasteiger partial charge in [0.25, 0.3) is 0 Å². The third-order valence-corrected chi connectivity index (χ3v) is 2.66. The van der Waals surface area contributed by atoms with Crippen LogP contribution in [0.15, 0.2) is 30.6 Å². The van der Waals surface area contributed by atoms with Crippen molar-refractivity contribution in [2.24, 2.45) is 5.73 Å². The molecule has 0 saturated carbocycles. The highest BCUT2D eigenvalue weighted by molar-refractivity contribution is 5.69. The average Bonchev–Trinajstić information content (AvgIpc) is 2.45. The number of alkyl halides is 3. The molecule has 0 spiro atoms. The van der Waals surface area contributed by atoms with Gasteiger partial charge in [-0.15, -0.1) is 0 Å². The van der Waals surface area contributed by atoms with E-state index in [0.29, 0.717) is 16.8 Å². The number of rotatable bonds is 2. The van der Waals surface area contributed by atoms with Crippen LogP contribution in [0, 0.1) is 11.3 Å². The fourth-order valence-electron chi connectivity index (χ4n) is 1.66. The van der Waals surface area contributed by atoms with Gasteiger partial charge in [0.2, 0.25) is 0 Å². The van der Waals surface area contributed by atoms with E-state index in [4.69, 9.17) is 11.0 Å². The molecule has 20 heavy (non-hydrogen) atoms. The first-order chi connectivity index (χ1) is 9.45. The minimum atomic E-state index is -4.49. The highest BCUT2D eigenvalue weighted by atomic mass is 19.4. The Morgan fingerprint density at radius 2 is 1.95 bits per heavy atom. The van der Waals surface area contributed by atoms with Crippen LogP contribution in [0.2, 0.25) is 0 Å². The Hall–Kier alpha value is -2.46. The molecule has 102 valence electrons. The van der Waals surface area contributed by atoms with Gasteiger partial charge in [-0.2, -0.15) is 18.4 Å². The van der Waals surface area contributed by atoms with Crippen molar-refractivity contribution in [3.8, 4) is 17.2 Å². The number of halogens is 3. The topological polar surface area (TPSA) is 75.6 Å². The lowest BCUT2D eigenvalue weighted by atomic mass is 10.0. The minimum absolute atomic E-state index is 0.173. The van der Waals surface area contributed by atoms with E-state index in [9.17, 15) is 13.2 Å². The van der Waals surface area contributed by atoms with Crippen LogP contribution in [0.25, 0.3) is 11.1 Å². The van der Waals surface area contributed by atoms with Crippen molar-refractivity contribution in [2.45, 2.75) is 12.7 Å². The molecule has 0 aromatic carbocycles. The van der Waals surface area contributed by atoms with E-state index in [1.807, 2.05) is 6.07 Å². The number of aromatic nitrogens is 2. The quantitative estimate of drug-likeness (QED) is 0.915. The van der Waals surface area contributed by atoms with E-state index in [1.54, 1.807) is 6.07 Å². The molecule has 2 rings (SSSR count). The third-order valence-electron chi connectivity index (χ3n) is 2.66. The van der Waals surface area contributed by atoms with E-state index >= 15 is 0 Å². The van der Waals surface area contributed by atoms with Crippen molar-refractivity contribution in [1.29, 1.82) is 5.26 Å². The molecule has 0 aliphatic rings. The van der Waals surface area contributed by atoms with Crippen LogP contribution in [0.4, 0.5) is 13.2 Å². The molecule has 0 amide bonds. The van der Waals surface area contributed by atoms with Crippen LogP contribution >= 0.6 is 0 Å². The van der Waals surface area contributed by atoms with E-state index in [-0.39, 0.29) is 12.1 Å². The molecular formula is C13H9F3N4. The number of nitrogens with zero attached hydrogens (tertiary/aromatic N) is 3. The molecule has 0 unspecified atom stereocenters. The summed E-state index contributed by atoms with van der Waals surface area (Å²) >= 11 is 0. The summed E-state index contributed by atoms with van der Waals surface area (Å²) in [5, 5.41) is 9.01. The summed E-state index contributed by atoms with van der Waals surface area (Å²) in [4.78, 5) is 7.33. The maximum Gasteiger partial charge on any atom is 0.433 e. The van der Waals surface area contributed by atoms with Gasteiger partial charge in [0.1, 0.15) is 11.8 Å². The molecule has 4 nitrogen and oxygen atoms in total. The van der Waals surface area contributed by atoms with Crippen molar-refractivity contribution in [3.05, 3.63) is 47.5 Å². The number of hydrogen-bond donors (Lipinski definition) is 1. The molecule has 2 heterocycles. The Morgan fingerprint density at radius 3 is 2.45 bits per heavy atom. The lowest BCUT2D eigenvalue weighted by Gasteiger charge is -2.08. The first kappa shape index (κ1) is 14.0. The lowest BCUT2D eigenvalue weighted by molar-refractivity contribution is -0.141. The van der Waals surface area contributed by atoms with Crippen molar-refractivity contribution in [1.82, 2.24) is 9.97 Å². The van der Waals surface area contributed by atoms with Gasteiger partial charge in [0.15, 0.2) is 0 Å². The van der Waals surface area contributed by atoms with E-state index in [1.165, 1.54) is 12.3 Å². The van der Waals surface area contributed by atoms with Gasteiger partial charge in [0, 0.05) is 30.1 Å². The molecule has 2 N–H and O–H groups in total. The zero-order valence-electron chi connectivity index (χ0n) is 10.1. The zero-order chi connectivity index (χ0) is 14.8. The van der Waals surface area contributed by atoms with Crippen LogP contribution in [0.3, 0.4) is 0 Å². The normalized spacial score (nSPS) is 11.2. The summed E-state index contributed by atoms with van der Waals surface area (Å²) in [5.74, 6) is 0. The molecule has 7 heteroatoms. The lowest BCUT2D eigenvalue weighted by Crippen LogP contribution is -2.07. The monoisotopic (exact) mass is 278 g/mol. The molecule has 0 saturated heterocycles. The molecule has 0 radical (unpaired) electrons. The molecule has 0 aliphatic heterocycles. The predicted molar refractivity (Wildman–Crippen MR) is 65.1 cm³/mol. The summed E-state index contributed by atoms with van der Waals surface area (Å²) in [7, 11) is 0. The fourth-order valence-corrected chi connectivity index (χ4v) is 1.66. The molecule has 0 fully saturated rings. The minimum Gasteiger partial charge on any atom is -0.325 e. The maximum atomic E-state index is 12.4. The molecule has 0 bridgehead atoms. The van der Waals surface area contributed by atoms with Crippen LogP contribution in [0.5, 0.6) is 0 Å². The van der Waals surface area contributed by atoms with Gasteiger partial charge in [-0.05, 0) is 12.1 Å². The van der Waals surface area contributed by atoms with E-state index in [2.05, 4.69) is 9.97 Å². The average molecular weight is 278 g/mol. The number of hydrogen-bond acceptors (Lipinski definition) is 4. The SMILES string of the molecule is N#Cc1cnc(CN)cc1-c1ccc(C(F)(F)F)nc1. The number of nitriles is 1. The number of pyridine rings is 2. The second-order valence-electron chi connectivity index (χ2n) is 3.97. The fraction of sp³-hybridized carbons (Fsp3) is 0.154. The van der Waals surface area contributed by atoms with Crippen molar-refractivity contribution in [2.75, 3.05) is 0 Å². The third kappa shape index (κ3) is 2.75. The van der Waals surface area contributed by atoms with Crippen LogP contribution in [0.1, 0.15) is 17.0 Å². The van der Waals surface area contributed by atoms with Gasteiger partial charge in [0.05, 0.1) is 11.3 Å². The first-order valence-electron chi connectivity index (χ1n) is 5.58. The van der Waals surface area contributed by atoms with E-state index < -0.39 is 11.9 Å². The molecule has 0 aliphatic carbocycles. The standard InChI is InChI=1S/C13H9F3N4/c14-13(15,16)12-2-1-8(6-20-12)11-3-10(5-18)19-7-9(11)4-17/h1-3,6-7H,5,18H2. The van der Waals surface area contributed by atoms with Gasteiger partial charge >= 0.3 is 6.18 Å². The highest BCUT2D eigenvalue weighted by Gasteiger charge is 2.32. The first-order valence-corrected chi connectivity index (χ1v) is 5.58. The van der Waals surface area contributed by atoms with E-state index in [0.717, 1.165) is 12.3 Å². The van der Waals surface area contributed by atoms with Gasteiger partial charge in [-0.3, -0.25) is 9.97 Å². The van der Waals surface area contributed by atoms with Crippen molar-refractivity contribution < 1.29 is 13.2 Å². The Balaban J connectivity index is 2.49. The Bertz CT molecular complexity index is 657. The second-order valence-corrected chi connectivity index (χ2v) is 3.97. The van der Waals surface area contributed by atoms with Crippen LogP contribution < -0.4 is 5.73 Å². The molecule has 0 atom stereocenters. The smallest absolute Gasteiger partial charge is 0.325 e. The largest absolute Gasteiger partial charge is 0.433 e. The molecule has 2 aromatic heterocycles. The summed E-state index contributed by atoms with van der Waals surface area (Å²) in [6, 6.07) is 5.65. The zero-order valence-corrected chi connectivity index (χ0v) is 10.1.